The summed E-state index contributed by atoms with van der Waals surface area (Å²) in [6, 6.07) is 15.7. The van der Waals surface area contributed by atoms with Crippen molar-refractivity contribution in [3.8, 4) is 0 Å². The molecule has 5 heteroatoms. The van der Waals surface area contributed by atoms with Crippen LogP contribution in [0.3, 0.4) is 0 Å². The van der Waals surface area contributed by atoms with E-state index in [2.05, 4.69) is 36.9 Å². The summed E-state index contributed by atoms with van der Waals surface area (Å²) in [5, 5.41) is 0. The maximum absolute atomic E-state index is 12.9. The smallest absolute Gasteiger partial charge is 0.243 e. The van der Waals surface area contributed by atoms with Gasteiger partial charge < -0.3 is 4.90 Å². The summed E-state index contributed by atoms with van der Waals surface area (Å²) in [4.78, 5) is 2.69. The van der Waals surface area contributed by atoms with Crippen LogP contribution in [0.15, 0.2) is 53.4 Å². The summed E-state index contributed by atoms with van der Waals surface area (Å²) in [5.41, 5.74) is 3.70. The molecular formula is C20H26N2O2S. The van der Waals surface area contributed by atoms with E-state index in [-0.39, 0.29) is 0 Å². The Morgan fingerprint density at radius 2 is 1.48 bits per heavy atom. The van der Waals surface area contributed by atoms with Crippen molar-refractivity contribution in [3.63, 3.8) is 0 Å². The number of sulfonamides is 1. The fourth-order valence-corrected chi connectivity index (χ4v) is 4.76. The summed E-state index contributed by atoms with van der Waals surface area (Å²) >= 11 is 0. The van der Waals surface area contributed by atoms with Gasteiger partial charge in [-0.3, -0.25) is 0 Å². The van der Waals surface area contributed by atoms with E-state index in [4.69, 9.17) is 0 Å². The molecule has 0 atom stereocenters. The van der Waals surface area contributed by atoms with E-state index in [0.717, 1.165) is 31.5 Å². The first-order valence-corrected chi connectivity index (χ1v) is 10.4. The van der Waals surface area contributed by atoms with Gasteiger partial charge >= 0.3 is 0 Å². The second-order valence-electron chi connectivity index (χ2n) is 6.37. The zero-order valence-electron chi connectivity index (χ0n) is 15.0. The summed E-state index contributed by atoms with van der Waals surface area (Å²) < 4.78 is 27.3. The van der Waals surface area contributed by atoms with Crippen molar-refractivity contribution in [2.75, 3.05) is 31.1 Å². The molecular weight excluding hydrogens is 332 g/mol. The summed E-state index contributed by atoms with van der Waals surface area (Å²) in [6.45, 7) is 6.72. The van der Waals surface area contributed by atoms with Gasteiger partial charge in [-0.05, 0) is 42.2 Å². The van der Waals surface area contributed by atoms with E-state index in [9.17, 15) is 8.42 Å². The van der Waals surface area contributed by atoms with Gasteiger partial charge in [-0.15, -0.1) is 0 Å². The van der Waals surface area contributed by atoms with Crippen LogP contribution < -0.4 is 4.90 Å². The Balaban J connectivity index is 1.72. The number of piperazine rings is 1. The normalized spacial score (nSPS) is 16.2. The van der Waals surface area contributed by atoms with Gasteiger partial charge in [-0.1, -0.05) is 44.2 Å². The summed E-state index contributed by atoms with van der Waals surface area (Å²) in [7, 11) is -3.40. The number of benzene rings is 2. The van der Waals surface area contributed by atoms with Crippen LogP contribution in [0.4, 0.5) is 5.69 Å². The van der Waals surface area contributed by atoms with Crippen LogP contribution in [0.5, 0.6) is 0 Å². The van der Waals surface area contributed by atoms with Crippen LogP contribution in [0, 0.1) is 0 Å². The molecule has 0 unspecified atom stereocenters. The molecule has 25 heavy (non-hydrogen) atoms. The second kappa shape index (κ2) is 7.58. The van der Waals surface area contributed by atoms with E-state index in [1.165, 1.54) is 11.3 Å². The third-order valence-corrected chi connectivity index (χ3v) is 6.83. The topological polar surface area (TPSA) is 40.6 Å². The highest BCUT2D eigenvalue weighted by molar-refractivity contribution is 7.89. The molecule has 1 saturated heterocycles. The standard InChI is InChI=1S/C20H26N2O2S/c1-3-17-9-11-19(12-10-17)25(23,24)22-15-13-21(14-16-22)20-8-6-5-7-18(20)4-2/h5-12H,3-4,13-16H2,1-2H3. The number of nitrogens with zero attached hydrogens (tertiary/aromatic N) is 2. The molecule has 0 bridgehead atoms. The SMILES string of the molecule is CCc1ccc(S(=O)(=O)N2CCN(c3ccccc3CC)CC2)cc1. The maximum Gasteiger partial charge on any atom is 0.243 e. The lowest BCUT2D eigenvalue weighted by atomic mass is 10.1. The van der Waals surface area contributed by atoms with Crippen LogP contribution in [0.1, 0.15) is 25.0 Å². The Morgan fingerprint density at radius 1 is 0.840 bits per heavy atom. The molecule has 134 valence electrons. The second-order valence-corrected chi connectivity index (χ2v) is 8.31. The van der Waals surface area contributed by atoms with E-state index in [1.807, 2.05) is 18.2 Å². The zero-order chi connectivity index (χ0) is 17.9. The molecule has 0 aliphatic carbocycles. The van der Waals surface area contributed by atoms with Gasteiger partial charge in [0.05, 0.1) is 4.90 Å². The summed E-state index contributed by atoms with van der Waals surface area (Å²) in [5.74, 6) is 0. The van der Waals surface area contributed by atoms with E-state index in [1.54, 1.807) is 16.4 Å². The lowest BCUT2D eigenvalue weighted by Gasteiger charge is -2.36. The fraction of sp³-hybridized carbons (Fsp3) is 0.400. The monoisotopic (exact) mass is 358 g/mol. The number of para-hydroxylation sites is 1. The van der Waals surface area contributed by atoms with Crippen LogP contribution >= 0.6 is 0 Å². The molecule has 0 N–H and O–H groups in total. The molecule has 0 saturated carbocycles. The molecule has 3 rings (SSSR count). The Kier molecular flexibility index (Phi) is 5.45. The first-order chi connectivity index (χ1) is 12.1. The fourth-order valence-electron chi connectivity index (χ4n) is 3.33. The van der Waals surface area contributed by atoms with Gasteiger partial charge in [-0.25, -0.2) is 8.42 Å². The van der Waals surface area contributed by atoms with Gasteiger partial charge in [-0.2, -0.15) is 4.31 Å². The van der Waals surface area contributed by atoms with Crippen LogP contribution in [-0.2, 0) is 22.9 Å². The average Bonchev–Trinajstić information content (AvgIpc) is 2.68. The van der Waals surface area contributed by atoms with Crippen molar-refractivity contribution in [2.45, 2.75) is 31.6 Å². The molecule has 4 nitrogen and oxygen atoms in total. The molecule has 0 amide bonds. The van der Waals surface area contributed by atoms with Crippen LogP contribution in [0.2, 0.25) is 0 Å². The average molecular weight is 359 g/mol. The Bertz CT molecular complexity index is 808. The number of hydrogen-bond acceptors (Lipinski definition) is 3. The number of rotatable bonds is 5. The highest BCUT2D eigenvalue weighted by Gasteiger charge is 2.28. The summed E-state index contributed by atoms with van der Waals surface area (Å²) in [6.07, 6.45) is 1.90. The molecule has 0 spiro atoms. The van der Waals surface area contributed by atoms with Gasteiger partial charge in [0, 0.05) is 31.9 Å². The maximum atomic E-state index is 12.9. The lowest BCUT2D eigenvalue weighted by molar-refractivity contribution is 0.384. The molecule has 1 aliphatic rings. The molecule has 0 radical (unpaired) electrons. The highest BCUT2D eigenvalue weighted by atomic mass is 32.2. The predicted octanol–water partition coefficient (Wildman–Crippen LogP) is 3.32. The first kappa shape index (κ1) is 18.0. The van der Waals surface area contributed by atoms with Crippen molar-refractivity contribution in [2.24, 2.45) is 0 Å². The third-order valence-electron chi connectivity index (χ3n) is 4.92. The minimum atomic E-state index is -3.40. The van der Waals surface area contributed by atoms with Crippen molar-refractivity contribution < 1.29 is 8.42 Å². The predicted molar refractivity (Wildman–Crippen MR) is 103 cm³/mol. The van der Waals surface area contributed by atoms with Gasteiger partial charge in [0.25, 0.3) is 0 Å². The Labute approximate surface area is 151 Å². The van der Waals surface area contributed by atoms with Gasteiger partial charge in [0.2, 0.25) is 10.0 Å². The molecule has 1 heterocycles. The zero-order valence-corrected chi connectivity index (χ0v) is 15.8. The van der Waals surface area contributed by atoms with Gasteiger partial charge in [0.15, 0.2) is 0 Å². The minimum absolute atomic E-state index is 0.395. The molecule has 2 aromatic rings. The van der Waals surface area contributed by atoms with Crippen molar-refractivity contribution in [1.29, 1.82) is 0 Å². The quantitative estimate of drug-likeness (QED) is 0.823. The Hall–Kier alpha value is -1.85. The van der Waals surface area contributed by atoms with Gasteiger partial charge in [0.1, 0.15) is 0 Å². The third kappa shape index (κ3) is 3.72. The highest BCUT2D eigenvalue weighted by Crippen LogP contribution is 2.24. The van der Waals surface area contributed by atoms with E-state index < -0.39 is 10.0 Å². The van der Waals surface area contributed by atoms with Crippen molar-refractivity contribution in [1.82, 2.24) is 4.31 Å². The van der Waals surface area contributed by atoms with Crippen molar-refractivity contribution in [3.05, 3.63) is 59.7 Å². The first-order valence-electron chi connectivity index (χ1n) is 8.98. The Morgan fingerprint density at radius 3 is 2.08 bits per heavy atom. The molecule has 1 fully saturated rings. The molecule has 0 aromatic heterocycles. The lowest BCUT2D eigenvalue weighted by Crippen LogP contribution is -2.48. The van der Waals surface area contributed by atoms with E-state index >= 15 is 0 Å². The van der Waals surface area contributed by atoms with Crippen LogP contribution in [-0.4, -0.2) is 38.9 Å². The van der Waals surface area contributed by atoms with Crippen molar-refractivity contribution >= 4 is 15.7 Å². The molecule has 1 aliphatic heterocycles. The van der Waals surface area contributed by atoms with E-state index in [0.29, 0.717) is 18.0 Å². The number of anilines is 1. The number of hydrogen-bond donors (Lipinski definition) is 0. The molecule has 2 aromatic carbocycles. The number of aryl methyl sites for hydroxylation is 2. The van der Waals surface area contributed by atoms with Crippen LogP contribution in [0.25, 0.3) is 0 Å². The minimum Gasteiger partial charge on any atom is -0.369 e. The largest absolute Gasteiger partial charge is 0.369 e.